The maximum absolute atomic E-state index is 12.6. The number of amides is 1. The molecule has 0 aliphatic rings. The van der Waals surface area contributed by atoms with Gasteiger partial charge in [-0.25, -0.2) is 0 Å². The molecule has 1 rings (SSSR count). The lowest BCUT2D eigenvalue weighted by molar-refractivity contribution is -0.385. The van der Waals surface area contributed by atoms with Crippen molar-refractivity contribution in [1.82, 2.24) is 0 Å². The van der Waals surface area contributed by atoms with E-state index in [1.54, 1.807) is 0 Å². The Hall–Kier alpha value is -2.12. The molecule has 0 bridgehead atoms. The lowest BCUT2D eigenvalue weighted by Crippen LogP contribution is -2.18. The minimum atomic E-state index is -4.77. The normalized spacial score (nSPS) is 11.2. The van der Waals surface area contributed by atoms with Gasteiger partial charge in [-0.1, -0.05) is 6.07 Å². The van der Waals surface area contributed by atoms with Gasteiger partial charge in [0.25, 0.3) is 5.69 Å². The average molecular weight is 248 g/mol. The van der Waals surface area contributed by atoms with Crippen LogP contribution in [-0.4, -0.2) is 10.8 Å². The molecule has 1 aromatic rings. The molecular weight excluding hydrogens is 241 g/mol. The SMILES string of the molecule is NC(=O)Cc1ccc([N+](=O)[O-])cc1C(F)(F)F. The van der Waals surface area contributed by atoms with Crippen LogP contribution in [0.25, 0.3) is 0 Å². The number of nitrogens with zero attached hydrogens (tertiary/aromatic N) is 1. The molecule has 8 heteroatoms. The van der Waals surface area contributed by atoms with E-state index >= 15 is 0 Å². The Morgan fingerprint density at radius 1 is 1.41 bits per heavy atom. The number of carbonyl (C=O) groups excluding carboxylic acids is 1. The Labute approximate surface area is 93.2 Å². The highest BCUT2D eigenvalue weighted by molar-refractivity contribution is 5.77. The number of non-ortho nitro benzene ring substituents is 1. The lowest BCUT2D eigenvalue weighted by Gasteiger charge is -2.11. The predicted octanol–water partition coefficient (Wildman–Crippen LogP) is 1.64. The monoisotopic (exact) mass is 248 g/mol. The summed E-state index contributed by atoms with van der Waals surface area (Å²) in [5.74, 6) is -0.940. The fourth-order valence-electron chi connectivity index (χ4n) is 1.28. The van der Waals surface area contributed by atoms with Gasteiger partial charge in [-0.3, -0.25) is 14.9 Å². The second-order valence-electron chi connectivity index (χ2n) is 3.24. The summed E-state index contributed by atoms with van der Waals surface area (Å²) in [5, 5.41) is 10.4. The third-order valence-corrected chi connectivity index (χ3v) is 1.97. The summed E-state index contributed by atoms with van der Waals surface area (Å²) in [5.41, 5.74) is 2.51. The molecule has 5 nitrogen and oxygen atoms in total. The lowest BCUT2D eigenvalue weighted by atomic mass is 10.0. The number of primary amides is 1. The third kappa shape index (κ3) is 3.16. The number of hydrogen-bond donors (Lipinski definition) is 1. The number of rotatable bonds is 3. The van der Waals surface area contributed by atoms with E-state index in [-0.39, 0.29) is 5.56 Å². The quantitative estimate of drug-likeness (QED) is 0.651. The summed E-state index contributed by atoms with van der Waals surface area (Å²) in [6, 6.07) is 2.16. The molecule has 0 spiro atoms. The van der Waals surface area contributed by atoms with Crippen molar-refractivity contribution < 1.29 is 22.9 Å². The fourth-order valence-corrected chi connectivity index (χ4v) is 1.28. The topological polar surface area (TPSA) is 86.2 Å². The van der Waals surface area contributed by atoms with Crippen LogP contribution in [0, 0.1) is 10.1 Å². The molecule has 0 heterocycles. The van der Waals surface area contributed by atoms with Crippen molar-refractivity contribution in [3.63, 3.8) is 0 Å². The van der Waals surface area contributed by atoms with Crippen molar-refractivity contribution in [2.75, 3.05) is 0 Å². The van der Waals surface area contributed by atoms with E-state index in [4.69, 9.17) is 5.73 Å². The van der Waals surface area contributed by atoms with E-state index in [0.29, 0.717) is 6.07 Å². The van der Waals surface area contributed by atoms with Gasteiger partial charge in [-0.15, -0.1) is 0 Å². The zero-order valence-corrected chi connectivity index (χ0v) is 8.32. The van der Waals surface area contributed by atoms with Crippen LogP contribution in [0.4, 0.5) is 18.9 Å². The molecule has 0 aliphatic heterocycles. The van der Waals surface area contributed by atoms with E-state index in [9.17, 15) is 28.1 Å². The molecule has 1 aromatic carbocycles. The van der Waals surface area contributed by atoms with Crippen LogP contribution >= 0.6 is 0 Å². The highest BCUT2D eigenvalue weighted by Crippen LogP contribution is 2.34. The first-order valence-corrected chi connectivity index (χ1v) is 4.34. The number of benzene rings is 1. The van der Waals surface area contributed by atoms with E-state index in [1.165, 1.54) is 0 Å². The highest BCUT2D eigenvalue weighted by atomic mass is 19.4. The Morgan fingerprint density at radius 2 is 2.00 bits per heavy atom. The first-order valence-electron chi connectivity index (χ1n) is 4.34. The molecule has 0 fully saturated rings. The molecule has 92 valence electrons. The Kier molecular flexibility index (Phi) is 3.35. The summed E-state index contributed by atoms with van der Waals surface area (Å²) in [7, 11) is 0. The maximum atomic E-state index is 12.6. The van der Waals surface area contributed by atoms with E-state index in [1.807, 2.05) is 0 Å². The number of halogens is 3. The van der Waals surface area contributed by atoms with E-state index < -0.39 is 34.7 Å². The van der Waals surface area contributed by atoms with Crippen molar-refractivity contribution in [2.45, 2.75) is 12.6 Å². The number of carbonyl (C=O) groups is 1. The summed E-state index contributed by atoms with van der Waals surface area (Å²) in [4.78, 5) is 20.0. The Balaban J connectivity index is 3.31. The number of nitrogens with two attached hydrogens (primary N) is 1. The molecule has 0 unspecified atom stereocenters. The first kappa shape index (κ1) is 12.9. The van der Waals surface area contributed by atoms with E-state index in [0.717, 1.165) is 12.1 Å². The molecule has 17 heavy (non-hydrogen) atoms. The standard InChI is InChI=1S/C9H7F3N2O3/c10-9(11,12)7-4-6(14(16)17)2-1-5(7)3-8(13)15/h1-2,4H,3H2,(H2,13,15). The number of alkyl halides is 3. The van der Waals surface area contributed by atoms with Gasteiger partial charge in [0.2, 0.25) is 5.91 Å². The van der Waals surface area contributed by atoms with Gasteiger partial charge in [0, 0.05) is 12.1 Å². The van der Waals surface area contributed by atoms with Crippen LogP contribution in [0.5, 0.6) is 0 Å². The summed E-state index contributed by atoms with van der Waals surface area (Å²) in [6.45, 7) is 0. The maximum Gasteiger partial charge on any atom is 0.416 e. The van der Waals surface area contributed by atoms with Gasteiger partial charge in [0.15, 0.2) is 0 Å². The van der Waals surface area contributed by atoms with Crippen LogP contribution in [0.15, 0.2) is 18.2 Å². The minimum Gasteiger partial charge on any atom is -0.369 e. The number of nitro benzene ring substituents is 1. The first-order chi connectivity index (χ1) is 7.71. The minimum absolute atomic E-state index is 0.379. The molecule has 0 saturated carbocycles. The van der Waals surface area contributed by atoms with Gasteiger partial charge >= 0.3 is 6.18 Å². The largest absolute Gasteiger partial charge is 0.416 e. The van der Waals surface area contributed by atoms with Gasteiger partial charge in [0.05, 0.1) is 16.9 Å². The molecule has 0 atom stereocenters. The smallest absolute Gasteiger partial charge is 0.369 e. The van der Waals surface area contributed by atoms with Crippen molar-refractivity contribution in [3.8, 4) is 0 Å². The fraction of sp³-hybridized carbons (Fsp3) is 0.222. The van der Waals surface area contributed by atoms with Crippen molar-refractivity contribution >= 4 is 11.6 Å². The van der Waals surface area contributed by atoms with Crippen LogP contribution < -0.4 is 5.73 Å². The zero-order valence-electron chi connectivity index (χ0n) is 8.32. The zero-order chi connectivity index (χ0) is 13.2. The Bertz CT molecular complexity index is 471. The molecule has 2 N–H and O–H groups in total. The molecule has 0 radical (unpaired) electrons. The van der Waals surface area contributed by atoms with Crippen LogP contribution in [0.3, 0.4) is 0 Å². The van der Waals surface area contributed by atoms with E-state index in [2.05, 4.69) is 0 Å². The number of nitro groups is 1. The van der Waals surface area contributed by atoms with Gasteiger partial charge in [0.1, 0.15) is 0 Å². The highest BCUT2D eigenvalue weighted by Gasteiger charge is 2.35. The second-order valence-corrected chi connectivity index (χ2v) is 3.24. The van der Waals surface area contributed by atoms with Gasteiger partial charge < -0.3 is 5.73 Å². The predicted molar refractivity (Wildman–Crippen MR) is 51.0 cm³/mol. The molecular formula is C9H7F3N2O3. The molecule has 1 amide bonds. The number of hydrogen-bond acceptors (Lipinski definition) is 3. The summed E-state index contributed by atoms with van der Waals surface area (Å²) in [6.07, 6.45) is -5.39. The van der Waals surface area contributed by atoms with Crippen molar-refractivity contribution in [1.29, 1.82) is 0 Å². The van der Waals surface area contributed by atoms with Crippen LogP contribution in [0.2, 0.25) is 0 Å². The average Bonchev–Trinajstić information content (AvgIpc) is 2.15. The summed E-state index contributed by atoms with van der Waals surface area (Å²) < 4.78 is 37.7. The Morgan fingerprint density at radius 3 is 2.41 bits per heavy atom. The summed E-state index contributed by atoms with van der Waals surface area (Å²) >= 11 is 0. The van der Waals surface area contributed by atoms with Gasteiger partial charge in [-0.05, 0) is 5.56 Å². The molecule has 0 saturated heterocycles. The molecule has 0 aliphatic carbocycles. The van der Waals surface area contributed by atoms with Crippen LogP contribution in [0.1, 0.15) is 11.1 Å². The van der Waals surface area contributed by atoms with Crippen molar-refractivity contribution in [3.05, 3.63) is 39.4 Å². The van der Waals surface area contributed by atoms with Crippen LogP contribution in [-0.2, 0) is 17.4 Å². The third-order valence-electron chi connectivity index (χ3n) is 1.97. The molecule has 0 aromatic heterocycles. The second kappa shape index (κ2) is 4.40. The van der Waals surface area contributed by atoms with Gasteiger partial charge in [-0.2, -0.15) is 13.2 Å². The van der Waals surface area contributed by atoms with Crippen molar-refractivity contribution in [2.24, 2.45) is 5.73 Å².